The molecule has 11 heteroatoms. The van der Waals surface area contributed by atoms with Crippen molar-refractivity contribution in [3.63, 3.8) is 0 Å². The lowest BCUT2D eigenvalue weighted by Gasteiger charge is -2.20. The van der Waals surface area contributed by atoms with Gasteiger partial charge in [0, 0.05) is 23.9 Å². The number of hydrogen-bond acceptors (Lipinski definition) is 9. The van der Waals surface area contributed by atoms with E-state index in [0.29, 0.717) is 29.3 Å². The smallest absolute Gasteiger partial charge is 0.426 e. The minimum atomic E-state index is -3.63. The summed E-state index contributed by atoms with van der Waals surface area (Å²) in [5, 5.41) is 0. The van der Waals surface area contributed by atoms with Gasteiger partial charge in [0.15, 0.2) is 11.5 Å². The van der Waals surface area contributed by atoms with E-state index in [-0.39, 0.29) is 36.7 Å². The van der Waals surface area contributed by atoms with E-state index in [1.165, 1.54) is 79.9 Å². The van der Waals surface area contributed by atoms with Gasteiger partial charge in [-0.05, 0) is 66.6 Å². The Labute approximate surface area is 243 Å². The summed E-state index contributed by atoms with van der Waals surface area (Å²) >= 11 is 0. The van der Waals surface area contributed by atoms with Gasteiger partial charge in [-0.15, -0.1) is 0 Å². The van der Waals surface area contributed by atoms with E-state index in [1.807, 2.05) is 6.92 Å². The molecular weight excluding hydrogens is 550 g/mol. The normalized spacial score (nSPS) is 11.2. The van der Waals surface area contributed by atoms with Crippen LogP contribution >= 0.6 is 0 Å². The molecule has 0 aliphatic heterocycles. The third-order valence-electron chi connectivity index (χ3n) is 5.77. The zero-order valence-electron chi connectivity index (χ0n) is 23.4. The van der Waals surface area contributed by atoms with Crippen LogP contribution in [0, 0.1) is 0 Å². The number of unbranched alkanes of at least 4 members (excludes halogenated alkanes) is 1. The predicted molar refractivity (Wildman–Crippen MR) is 155 cm³/mol. The standard InChI is InChI=1S/C31H34F2N2O7/c1-3-4-14-39-27-12-9-23(19-28(27)38-2)31(32,33)42-26-10-6-21(7-11-26)8-13-29(36)40-15-5-16-41-30(37)22-17-24(34)20-25(35)18-22/h6-13,17-20H,3-5,14-16,34-35H2,1-2H3. The molecule has 0 saturated heterocycles. The first-order valence-electron chi connectivity index (χ1n) is 13.3. The van der Waals surface area contributed by atoms with Crippen molar-refractivity contribution in [1.82, 2.24) is 0 Å². The molecule has 0 fully saturated rings. The fraction of sp³-hybridized carbons (Fsp3) is 0.290. The van der Waals surface area contributed by atoms with Crippen molar-refractivity contribution in [2.75, 3.05) is 38.4 Å². The highest BCUT2D eigenvalue weighted by atomic mass is 19.3. The van der Waals surface area contributed by atoms with Crippen molar-refractivity contribution >= 4 is 29.4 Å². The van der Waals surface area contributed by atoms with Gasteiger partial charge < -0.3 is 35.2 Å². The van der Waals surface area contributed by atoms with Gasteiger partial charge in [0.2, 0.25) is 0 Å². The van der Waals surface area contributed by atoms with Crippen molar-refractivity contribution < 1.29 is 42.1 Å². The highest BCUT2D eigenvalue weighted by Crippen LogP contribution is 2.37. The second kappa shape index (κ2) is 15.3. The number of ether oxygens (including phenoxy) is 5. The summed E-state index contributed by atoms with van der Waals surface area (Å²) in [6.07, 6.45) is 1.09. The molecule has 0 amide bonds. The summed E-state index contributed by atoms with van der Waals surface area (Å²) in [7, 11) is 1.38. The SMILES string of the molecule is CCCCOc1ccc(C(F)(F)Oc2ccc(C=CC(=O)OCCCOC(=O)c3cc(N)cc(N)c3)cc2)cc1OC. The number of carbonyl (C=O) groups is 2. The summed E-state index contributed by atoms with van der Waals surface area (Å²) in [5.74, 6) is -0.715. The third kappa shape index (κ3) is 9.69. The minimum absolute atomic E-state index is 0.0218. The van der Waals surface area contributed by atoms with Gasteiger partial charge in [0.25, 0.3) is 0 Å². The lowest BCUT2D eigenvalue weighted by atomic mass is 10.1. The molecule has 224 valence electrons. The lowest BCUT2D eigenvalue weighted by molar-refractivity contribution is -0.185. The molecule has 3 aromatic carbocycles. The molecule has 0 saturated carbocycles. The zero-order valence-corrected chi connectivity index (χ0v) is 23.4. The third-order valence-corrected chi connectivity index (χ3v) is 5.77. The van der Waals surface area contributed by atoms with E-state index in [4.69, 9.17) is 35.2 Å². The Hall–Kier alpha value is -4.80. The number of hydrogen-bond donors (Lipinski definition) is 2. The first-order chi connectivity index (χ1) is 20.1. The van der Waals surface area contributed by atoms with Crippen LogP contribution in [0.15, 0.2) is 66.7 Å². The maximum absolute atomic E-state index is 14.9. The molecule has 4 N–H and O–H groups in total. The van der Waals surface area contributed by atoms with E-state index in [2.05, 4.69) is 0 Å². The maximum atomic E-state index is 14.9. The van der Waals surface area contributed by atoms with Gasteiger partial charge in [0.1, 0.15) is 5.75 Å². The molecule has 9 nitrogen and oxygen atoms in total. The van der Waals surface area contributed by atoms with Gasteiger partial charge in [-0.2, -0.15) is 8.78 Å². The molecular formula is C31H34F2N2O7. The average molecular weight is 585 g/mol. The summed E-state index contributed by atoms with van der Waals surface area (Å²) in [6, 6.07) is 14.0. The summed E-state index contributed by atoms with van der Waals surface area (Å²) in [4.78, 5) is 24.0. The minimum Gasteiger partial charge on any atom is -0.493 e. The molecule has 3 rings (SSSR count). The number of anilines is 2. The molecule has 3 aromatic rings. The van der Waals surface area contributed by atoms with Crippen LogP contribution in [0.2, 0.25) is 0 Å². The van der Waals surface area contributed by atoms with Gasteiger partial charge >= 0.3 is 18.0 Å². The number of alkyl halides is 2. The fourth-order valence-corrected chi connectivity index (χ4v) is 3.63. The molecule has 0 aliphatic rings. The van der Waals surface area contributed by atoms with E-state index in [1.54, 1.807) is 0 Å². The van der Waals surface area contributed by atoms with Crippen LogP contribution in [0.3, 0.4) is 0 Å². The van der Waals surface area contributed by atoms with E-state index in [9.17, 15) is 18.4 Å². The first kappa shape index (κ1) is 31.7. The van der Waals surface area contributed by atoms with Gasteiger partial charge in [0.05, 0.1) is 38.1 Å². The van der Waals surface area contributed by atoms with Crippen LogP contribution in [0.1, 0.15) is 47.7 Å². The number of nitrogens with two attached hydrogens (primary N) is 2. The quantitative estimate of drug-likeness (QED) is 0.0959. The molecule has 0 radical (unpaired) electrons. The molecule has 0 unspecified atom stereocenters. The molecule has 0 aliphatic carbocycles. The number of methoxy groups -OCH3 is 1. The Bertz CT molecular complexity index is 1360. The second-order valence-electron chi connectivity index (χ2n) is 9.13. The van der Waals surface area contributed by atoms with Crippen molar-refractivity contribution in [3.05, 3.63) is 83.4 Å². The lowest BCUT2D eigenvalue weighted by Crippen LogP contribution is -2.22. The van der Waals surface area contributed by atoms with Crippen LogP contribution < -0.4 is 25.7 Å². The summed E-state index contributed by atoms with van der Waals surface area (Å²) in [5.41, 5.74) is 12.4. The van der Waals surface area contributed by atoms with E-state index >= 15 is 0 Å². The maximum Gasteiger partial charge on any atom is 0.426 e. The largest absolute Gasteiger partial charge is 0.493 e. The van der Waals surface area contributed by atoms with Crippen LogP contribution in [-0.2, 0) is 20.4 Å². The van der Waals surface area contributed by atoms with Crippen molar-refractivity contribution in [1.29, 1.82) is 0 Å². The molecule has 42 heavy (non-hydrogen) atoms. The first-order valence-corrected chi connectivity index (χ1v) is 13.3. The topological polar surface area (TPSA) is 132 Å². The van der Waals surface area contributed by atoms with Crippen LogP contribution in [0.5, 0.6) is 17.2 Å². The molecule has 0 atom stereocenters. The van der Waals surface area contributed by atoms with Gasteiger partial charge in [-0.25, -0.2) is 9.59 Å². The monoisotopic (exact) mass is 584 g/mol. The number of esters is 2. The van der Waals surface area contributed by atoms with E-state index in [0.717, 1.165) is 12.8 Å². The fourth-order valence-electron chi connectivity index (χ4n) is 3.63. The summed E-state index contributed by atoms with van der Waals surface area (Å²) < 4.78 is 55.7. The van der Waals surface area contributed by atoms with Gasteiger partial charge in [-0.3, -0.25) is 0 Å². The van der Waals surface area contributed by atoms with Crippen molar-refractivity contribution in [2.24, 2.45) is 0 Å². The highest BCUT2D eigenvalue weighted by Gasteiger charge is 2.35. The number of nitrogen functional groups attached to an aromatic ring is 2. The molecule has 0 aromatic heterocycles. The van der Waals surface area contributed by atoms with Crippen LogP contribution in [0.4, 0.5) is 20.2 Å². The van der Waals surface area contributed by atoms with Crippen molar-refractivity contribution in [2.45, 2.75) is 32.3 Å². The number of carbonyl (C=O) groups excluding carboxylic acids is 2. The molecule has 0 spiro atoms. The Kier molecular flexibility index (Phi) is 11.5. The second-order valence-corrected chi connectivity index (χ2v) is 9.13. The predicted octanol–water partition coefficient (Wildman–Crippen LogP) is 5.97. The molecule has 0 heterocycles. The summed E-state index contributed by atoms with van der Waals surface area (Å²) in [6.45, 7) is 2.53. The van der Waals surface area contributed by atoms with Crippen LogP contribution in [-0.4, -0.2) is 38.9 Å². The van der Waals surface area contributed by atoms with Crippen LogP contribution in [0.25, 0.3) is 6.08 Å². The Morgan fingerprint density at radius 1 is 0.857 bits per heavy atom. The number of benzene rings is 3. The highest BCUT2D eigenvalue weighted by molar-refractivity contribution is 5.91. The average Bonchev–Trinajstić information content (AvgIpc) is 2.96. The van der Waals surface area contributed by atoms with Gasteiger partial charge in [-0.1, -0.05) is 25.5 Å². The number of halogens is 2. The Balaban J connectivity index is 1.45. The Morgan fingerprint density at radius 3 is 2.21 bits per heavy atom. The Morgan fingerprint density at radius 2 is 1.55 bits per heavy atom. The van der Waals surface area contributed by atoms with Crippen molar-refractivity contribution in [3.8, 4) is 17.2 Å². The zero-order chi connectivity index (χ0) is 30.5. The van der Waals surface area contributed by atoms with E-state index < -0.39 is 23.6 Å². The molecule has 0 bridgehead atoms. The number of rotatable bonds is 15.